The number of rotatable bonds is 4. The van der Waals surface area contributed by atoms with Crippen molar-refractivity contribution >= 4 is 22.8 Å². The molecule has 0 amide bonds. The van der Waals surface area contributed by atoms with E-state index in [4.69, 9.17) is 9.84 Å². The maximum Gasteiger partial charge on any atom is 0.186 e. The summed E-state index contributed by atoms with van der Waals surface area (Å²) in [6.07, 6.45) is 2.24. The minimum absolute atomic E-state index is 0.297. The molecule has 0 radical (unpaired) electrons. The Morgan fingerprint density at radius 1 is 1.15 bits per heavy atom. The molecule has 1 aliphatic heterocycles. The third-order valence-electron chi connectivity index (χ3n) is 5.05. The molecule has 3 aromatic heterocycles. The Bertz CT molecular complexity index is 1080. The van der Waals surface area contributed by atoms with Crippen LogP contribution in [0.1, 0.15) is 24.4 Å². The monoisotopic (exact) mass is 377 g/mol. The highest BCUT2D eigenvalue weighted by molar-refractivity contribution is 7.08. The van der Waals surface area contributed by atoms with Crippen molar-refractivity contribution in [1.82, 2.24) is 19.8 Å². The van der Waals surface area contributed by atoms with Gasteiger partial charge in [0.25, 0.3) is 0 Å². The largest absolute Gasteiger partial charge is 0.497 e. The Morgan fingerprint density at radius 3 is 2.96 bits per heavy atom. The highest BCUT2D eigenvalue weighted by Crippen LogP contribution is 2.36. The highest BCUT2D eigenvalue weighted by Gasteiger charge is 2.28. The van der Waals surface area contributed by atoms with Crippen LogP contribution in [0, 0.1) is 0 Å². The van der Waals surface area contributed by atoms with Crippen molar-refractivity contribution in [3.05, 3.63) is 58.8 Å². The van der Waals surface area contributed by atoms with Crippen LogP contribution < -0.4 is 9.64 Å². The van der Waals surface area contributed by atoms with E-state index in [1.54, 1.807) is 18.4 Å². The molecule has 1 fully saturated rings. The molecule has 0 aliphatic carbocycles. The van der Waals surface area contributed by atoms with E-state index < -0.39 is 0 Å². The van der Waals surface area contributed by atoms with E-state index in [1.807, 2.05) is 34.2 Å². The smallest absolute Gasteiger partial charge is 0.186 e. The van der Waals surface area contributed by atoms with Crippen LogP contribution in [-0.4, -0.2) is 33.5 Å². The summed E-state index contributed by atoms with van der Waals surface area (Å²) in [5.74, 6) is 2.62. The predicted octanol–water partition coefficient (Wildman–Crippen LogP) is 4.20. The number of anilines is 1. The van der Waals surface area contributed by atoms with Crippen molar-refractivity contribution < 1.29 is 4.74 Å². The zero-order valence-corrected chi connectivity index (χ0v) is 15.8. The lowest BCUT2D eigenvalue weighted by atomic mass is 10.0. The molecule has 7 heteroatoms. The third kappa shape index (κ3) is 2.84. The molecular formula is C20H19N5OS. The van der Waals surface area contributed by atoms with Crippen molar-refractivity contribution in [2.24, 2.45) is 0 Å². The van der Waals surface area contributed by atoms with Gasteiger partial charge in [0.2, 0.25) is 0 Å². The Hall–Kier alpha value is -2.93. The van der Waals surface area contributed by atoms with Crippen molar-refractivity contribution in [1.29, 1.82) is 0 Å². The van der Waals surface area contributed by atoms with Gasteiger partial charge in [0.1, 0.15) is 11.6 Å². The standard InChI is InChI=1S/C20H19N5OS/c1-26-16-5-2-4-14(12-16)17-6-3-10-24(17)19-8-7-18-21-22-20(25(18)23-19)15-9-11-27-13-15/h2,4-5,7-9,11-13,17H,3,6,10H2,1H3. The first-order valence-corrected chi connectivity index (χ1v) is 9.93. The van der Waals surface area contributed by atoms with Gasteiger partial charge in [-0.3, -0.25) is 0 Å². The second kappa shape index (κ2) is 6.66. The van der Waals surface area contributed by atoms with E-state index in [2.05, 4.69) is 38.7 Å². The van der Waals surface area contributed by atoms with E-state index in [9.17, 15) is 0 Å². The van der Waals surface area contributed by atoms with Gasteiger partial charge in [-0.15, -0.1) is 15.3 Å². The van der Waals surface area contributed by atoms with Crippen molar-refractivity contribution in [3.63, 3.8) is 0 Å². The zero-order valence-electron chi connectivity index (χ0n) is 14.9. The fourth-order valence-electron chi connectivity index (χ4n) is 3.74. The third-order valence-corrected chi connectivity index (χ3v) is 5.74. The van der Waals surface area contributed by atoms with Gasteiger partial charge in [0.05, 0.1) is 13.2 Å². The van der Waals surface area contributed by atoms with Crippen LogP contribution in [0.15, 0.2) is 53.2 Å². The molecule has 0 bridgehead atoms. The van der Waals surface area contributed by atoms with Gasteiger partial charge in [-0.25, -0.2) is 0 Å². The predicted molar refractivity (Wildman–Crippen MR) is 106 cm³/mol. The van der Waals surface area contributed by atoms with Crippen molar-refractivity contribution in [3.8, 4) is 17.1 Å². The van der Waals surface area contributed by atoms with Gasteiger partial charge in [-0.2, -0.15) is 15.9 Å². The normalized spacial score (nSPS) is 16.9. The van der Waals surface area contributed by atoms with Crippen molar-refractivity contribution in [2.75, 3.05) is 18.6 Å². The fourth-order valence-corrected chi connectivity index (χ4v) is 4.37. The molecule has 0 spiro atoms. The SMILES string of the molecule is COc1cccc(C2CCCN2c2ccc3nnc(-c4ccsc4)n3n2)c1. The zero-order chi connectivity index (χ0) is 18.2. The minimum Gasteiger partial charge on any atom is -0.497 e. The summed E-state index contributed by atoms with van der Waals surface area (Å²) in [5.41, 5.74) is 3.07. The van der Waals surface area contributed by atoms with Gasteiger partial charge in [-0.1, -0.05) is 12.1 Å². The van der Waals surface area contributed by atoms with Crippen LogP contribution in [0.25, 0.3) is 17.0 Å². The Balaban J connectivity index is 1.55. The molecule has 0 N–H and O–H groups in total. The van der Waals surface area contributed by atoms with Gasteiger partial charge >= 0.3 is 0 Å². The molecule has 1 aromatic carbocycles. The number of ether oxygens (including phenoxy) is 1. The molecule has 1 saturated heterocycles. The summed E-state index contributed by atoms with van der Waals surface area (Å²) in [5, 5.41) is 17.6. The lowest BCUT2D eigenvalue weighted by molar-refractivity contribution is 0.414. The number of methoxy groups -OCH3 is 1. The average molecular weight is 377 g/mol. The van der Waals surface area contributed by atoms with Crippen LogP contribution in [0.2, 0.25) is 0 Å². The first-order valence-electron chi connectivity index (χ1n) is 8.99. The summed E-state index contributed by atoms with van der Waals surface area (Å²) in [4.78, 5) is 2.37. The second-order valence-corrected chi connectivity index (χ2v) is 7.41. The molecule has 6 nitrogen and oxygen atoms in total. The number of nitrogens with zero attached hydrogens (tertiary/aromatic N) is 5. The maximum absolute atomic E-state index is 5.41. The summed E-state index contributed by atoms with van der Waals surface area (Å²) in [7, 11) is 1.71. The van der Waals surface area contributed by atoms with Gasteiger partial charge in [0.15, 0.2) is 11.5 Å². The molecular weight excluding hydrogens is 358 g/mol. The van der Waals surface area contributed by atoms with E-state index in [0.717, 1.165) is 48.0 Å². The van der Waals surface area contributed by atoms with E-state index in [-0.39, 0.29) is 0 Å². The van der Waals surface area contributed by atoms with Crippen molar-refractivity contribution in [2.45, 2.75) is 18.9 Å². The molecule has 1 aliphatic rings. The average Bonchev–Trinajstić information content (AvgIpc) is 3.47. The molecule has 5 rings (SSSR count). The molecule has 4 aromatic rings. The molecule has 4 heterocycles. The van der Waals surface area contributed by atoms with Crippen LogP contribution >= 0.6 is 11.3 Å². The minimum atomic E-state index is 0.297. The number of thiophene rings is 1. The molecule has 0 saturated carbocycles. The first-order chi connectivity index (χ1) is 13.3. The van der Waals surface area contributed by atoms with Crippen LogP contribution in [0.5, 0.6) is 5.75 Å². The number of hydrogen-bond donors (Lipinski definition) is 0. The van der Waals surface area contributed by atoms with Gasteiger partial charge in [-0.05, 0) is 54.1 Å². The van der Waals surface area contributed by atoms with Crippen LogP contribution in [-0.2, 0) is 0 Å². The number of benzene rings is 1. The van der Waals surface area contributed by atoms with E-state index >= 15 is 0 Å². The highest BCUT2D eigenvalue weighted by atomic mass is 32.1. The number of fused-ring (bicyclic) bond motifs is 1. The van der Waals surface area contributed by atoms with E-state index in [0.29, 0.717) is 6.04 Å². The maximum atomic E-state index is 5.41. The summed E-state index contributed by atoms with van der Waals surface area (Å²) >= 11 is 1.65. The fraction of sp³-hybridized carbons (Fsp3) is 0.250. The number of aromatic nitrogens is 4. The number of hydrogen-bond acceptors (Lipinski definition) is 6. The lowest BCUT2D eigenvalue weighted by Gasteiger charge is -2.26. The second-order valence-electron chi connectivity index (χ2n) is 6.63. The summed E-state index contributed by atoms with van der Waals surface area (Å²) in [6, 6.07) is 14.7. The molecule has 27 heavy (non-hydrogen) atoms. The lowest BCUT2D eigenvalue weighted by Crippen LogP contribution is -2.24. The topological polar surface area (TPSA) is 55.5 Å². The van der Waals surface area contributed by atoms with Crippen LogP contribution in [0.3, 0.4) is 0 Å². The van der Waals surface area contributed by atoms with Gasteiger partial charge in [0, 0.05) is 17.5 Å². The Morgan fingerprint density at radius 2 is 2.11 bits per heavy atom. The summed E-state index contributed by atoms with van der Waals surface area (Å²) in [6.45, 7) is 0.982. The van der Waals surface area contributed by atoms with Gasteiger partial charge < -0.3 is 9.64 Å². The molecule has 136 valence electrons. The van der Waals surface area contributed by atoms with Crippen LogP contribution in [0.4, 0.5) is 5.82 Å². The summed E-state index contributed by atoms with van der Waals surface area (Å²) < 4.78 is 7.25. The first kappa shape index (κ1) is 16.3. The quantitative estimate of drug-likeness (QED) is 0.533. The molecule has 1 unspecified atom stereocenters. The Labute approximate surface area is 161 Å². The molecule has 1 atom stereocenters. The van der Waals surface area contributed by atoms with E-state index in [1.165, 1.54) is 5.56 Å². The Kier molecular flexibility index (Phi) is 4.01.